The predicted molar refractivity (Wildman–Crippen MR) is 96.1 cm³/mol. The molecule has 3 rings (SSSR count). The average Bonchev–Trinajstić information content (AvgIpc) is 2.48. The molecule has 23 heavy (non-hydrogen) atoms. The van der Waals surface area contributed by atoms with Gasteiger partial charge in [-0.1, -0.05) is 60.1 Å². The number of halogens is 2. The molecule has 122 valence electrons. The first kappa shape index (κ1) is 17.8. The van der Waals surface area contributed by atoms with E-state index in [9.17, 15) is 4.79 Å². The van der Waals surface area contributed by atoms with Crippen LogP contribution in [0.5, 0.6) is 0 Å². The van der Waals surface area contributed by atoms with Gasteiger partial charge in [-0.2, -0.15) is 0 Å². The average molecular weight is 351 g/mol. The highest BCUT2D eigenvalue weighted by Crippen LogP contribution is 2.24. The van der Waals surface area contributed by atoms with Crippen molar-refractivity contribution in [3.05, 3.63) is 70.7 Å². The van der Waals surface area contributed by atoms with Crippen LogP contribution in [0.1, 0.15) is 17.2 Å². The molecule has 1 aliphatic rings. The van der Waals surface area contributed by atoms with Gasteiger partial charge in [-0.05, 0) is 23.6 Å². The minimum atomic E-state index is -0.0609. The molecule has 0 saturated carbocycles. The highest BCUT2D eigenvalue weighted by atomic mass is 35.5. The number of hydrogen-bond acceptors (Lipinski definition) is 2. The molecule has 2 aromatic carbocycles. The lowest BCUT2D eigenvalue weighted by Crippen LogP contribution is -2.51. The fourth-order valence-electron chi connectivity index (χ4n) is 2.59. The molecule has 0 aliphatic carbocycles. The van der Waals surface area contributed by atoms with Crippen molar-refractivity contribution in [2.24, 2.45) is 5.92 Å². The molecule has 1 atom stereocenters. The number of rotatable bonds is 5. The Bertz CT molecular complexity index is 644. The summed E-state index contributed by atoms with van der Waals surface area (Å²) in [5.74, 6) is 0.192. The summed E-state index contributed by atoms with van der Waals surface area (Å²) in [4.78, 5) is 12.3. The lowest BCUT2D eigenvalue weighted by Gasteiger charge is -2.29. The van der Waals surface area contributed by atoms with Crippen LogP contribution in [0.4, 0.5) is 0 Å². The van der Waals surface area contributed by atoms with Gasteiger partial charge in [0.05, 0.1) is 12.0 Å². The highest BCUT2D eigenvalue weighted by molar-refractivity contribution is 6.31. The van der Waals surface area contributed by atoms with E-state index in [0.29, 0.717) is 6.42 Å². The Hall–Kier alpha value is -1.55. The molecule has 0 spiro atoms. The van der Waals surface area contributed by atoms with Gasteiger partial charge < -0.3 is 10.6 Å². The molecule has 0 bridgehead atoms. The van der Waals surface area contributed by atoms with Crippen molar-refractivity contribution in [2.75, 3.05) is 13.1 Å². The molecule has 5 heteroatoms. The summed E-state index contributed by atoms with van der Waals surface area (Å²) >= 11 is 6.27. The maximum absolute atomic E-state index is 12.3. The van der Waals surface area contributed by atoms with Gasteiger partial charge in [0, 0.05) is 18.1 Å². The van der Waals surface area contributed by atoms with Gasteiger partial charge >= 0.3 is 0 Å². The molecule has 2 aromatic rings. The number of benzene rings is 2. The van der Waals surface area contributed by atoms with Crippen molar-refractivity contribution in [3.8, 4) is 0 Å². The summed E-state index contributed by atoms with van der Waals surface area (Å²) in [6.45, 7) is 1.53. The lowest BCUT2D eigenvalue weighted by molar-refractivity contribution is -0.127. The van der Waals surface area contributed by atoms with Crippen LogP contribution in [0.2, 0.25) is 5.02 Å². The minimum absolute atomic E-state index is 0. The van der Waals surface area contributed by atoms with Crippen LogP contribution in [0.15, 0.2) is 54.6 Å². The Kier molecular flexibility index (Phi) is 6.46. The molecule has 1 unspecified atom stereocenters. The summed E-state index contributed by atoms with van der Waals surface area (Å²) in [6.07, 6.45) is 0.690. The second kappa shape index (κ2) is 8.34. The Morgan fingerprint density at radius 1 is 1.13 bits per heavy atom. The standard InChI is InChI=1S/C18H19ClN2O.ClH/c19-16-9-5-4-8-14(16)10-17(13-6-2-1-3-7-13)21-18(22)15-11-20-12-15;/h1-9,15,17,20H,10-12H2,(H,21,22);1H. The van der Waals surface area contributed by atoms with E-state index in [1.165, 1.54) is 0 Å². The zero-order chi connectivity index (χ0) is 15.4. The predicted octanol–water partition coefficient (Wildman–Crippen LogP) is 3.38. The van der Waals surface area contributed by atoms with Gasteiger partial charge in [-0.3, -0.25) is 4.79 Å². The van der Waals surface area contributed by atoms with Crippen molar-refractivity contribution < 1.29 is 4.79 Å². The normalized spacial score (nSPS) is 15.2. The van der Waals surface area contributed by atoms with Crippen molar-refractivity contribution in [1.29, 1.82) is 0 Å². The summed E-state index contributed by atoms with van der Waals surface area (Å²) in [5, 5.41) is 7.04. The van der Waals surface area contributed by atoms with E-state index < -0.39 is 0 Å². The molecular formula is C18H20Cl2N2O. The third-order valence-corrected chi connectivity index (χ3v) is 4.42. The van der Waals surface area contributed by atoms with Gasteiger partial charge in [0.15, 0.2) is 0 Å². The van der Waals surface area contributed by atoms with E-state index in [2.05, 4.69) is 10.6 Å². The first-order valence-electron chi connectivity index (χ1n) is 7.53. The van der Waals surface area contributed by atoms with Gasteiger partial charge in [0.1, 0.15) is 0 Å². The summed E-state index contributed by atoms with van der Waals surface area (Å²) in [5.41, 5.74) is 2.15. The number of carbonyl (C=O) groups is 1. The quantitative estimate of drug-likeness (QED) is 0.867. The number of hydrogen-bond donors (Lipinski definition) is 2. The van der Waals surface area contributed by atoms with Crippen LogP contribution in [0.3, 0.4) is 0 Å². The number of amides is 1. The van der Waals surface area contributed by atoms with Crippen LogP contribution in [0, 0.1) is 5.92 Å². The Labute approximate surface area is 147 Å². The lowest BCUT2D eigenvalue weighted by atomic mass is 9.96. The molecule has 2 N–H and O–H groups in total. The van der Waals surface area contributed by atoms with Crippen LogP contribution in [-0.4, -0.2) is 19.0 Å². The Morgan fingerprint density at radius 3 is 2.39 bits per heavy atom. The maximum atomic E-state index is 12.3. The minimum Gasteiger partial charge on any atom is -0.349 e. The monoisotopic (exact) mass is 350 g/mol. The van der Waals surface area contributed by atoms with E-state index >= 15 is 0 Å². The highest BCUT2D eigenvalue weighted by Gasteiger charge is 2.27. The molecule has 1 fully saturated rings. The molecule has 3 nitrogen and oxygen atoms in total. The van der Waals surface area contributed by atoms with Crippen LogP contribution in [-0.2, 0) is 11.2 Å². The Morgan fingerprint density at radius 2 is 1.78 bits per heavy atom. The van der Waals surface area contributed by atoms with Crippen molar-refractivity contribution in [1.82, 2.24) is 10.6 Å². The molecule has 1 heterocycles. The first-order chi connectivity index (χ1) is 10.7. The fourth-order valence-corrected chi connectivity index (χ4v) is 2.80. The summed E-state index contributed by atoms with van der Waals surface area (Å²) in [6, 6.07) is 17.8. The third-order valence-electron chi connectivity index (χ3n) is 4.05. The zero-order valence-electron chi connectivity index (χ0n) is 12.7. The maximum Gasteiger partial charge on any atom is 0.226 e. The SMILES string of the molecule is Cl.O=C(NC(Cc1ccccc1Cl)c1ccccc1)C1CNC1. The fraction of sp³-hybridized carbons (Fsp3) is 0.278. The Balaban J connectivity index is 0.00000192. The van der Waals surface area contributed by atoms with E-state index in [-0.39, 0.29) is 30.3 Å². The second-order valence-electron chi connectivity index (χ2n) is 5.62. The van der Waals surface area contributed by atoms with E-state index in [1.807, 2.05) is 54.6 Å². The number of carbonyl (C=O) groups excluding carboxylic acids is 1. The van der Waals surface area contributed by atoms with Crippen LogP contribution in [0.25, 0.3) is 0 Å². The summed E-state index contributed by atoms with van der Waals surface area (Å²) in [7, 11) is 0. The van der Waals surface area contributed by atoms with E-state index in [0.717, 1.165) is 29.2 Å². The second-order valence-corrected chi connectivity index (χ2v) is 6.03. The largest absolute Gasteiger partial charge is 0.349 e. The summed E-state index contributed by atoms with van der Waals surface area (Å²) < 4.78 is 0. The van der Waals surface area contributed by atoms with Crippen molar-refractivity contribution in [2.45, 2.75) is 12.5 Å². The van der Waals surface area contributed by atoms with Gasteiger partial charge in [-0.25, -0.2) is 0 Å². The molecular weight excluding hydrogens is 331 g/mol. The molecule has 0 aromatic heterocycles. The van der Waals surface area contributed by atoms with Crippen molar-refractivity contribution >= 4 is 29.9 Å². The van der Waals surface area contributed by atoms with Crippen LogP contribution >= 0.6 is 24.0 Å². The first-order valence-corrected chi connectivity index (χ1v) is 7.91. The topological polar surface area (TPSA) is 41.1 Å². The molecule has 1 amide bonds. The van der Waals surface area contributed by atoms with E-state index in [4.69, 9.17) is 11.6 Å². The van der Waals surface area contributed by atoms with Gasteiger partial charge in [0.25, 0.3) is 0 Å². The smallest absolute Gasteiger partial charge is 0.226 e. The third kappa shape index (κ3) is 4.47. The molecule has 0 radical (unpaired) electrons. The molecule has 1 aliphatic heterocycles. The number of nitrogens with one attached hydrogen (secondary N) is 2. The zero-order valence-corrected chi connectivity index (χ0v) is 14.2. The van der Waals surface area contributed by atoms with Gasteiger partial charge in [0.2, 0.25) is 5.91 Å². The molecule has 1 saturated heterocycles. The van der Waals surface area contributed by atoms with E-state index in [1.54, 1.807) is 0 Å². The van der Waals surface area contributed by atoms with Crippen molar-refractivity contribution in [3.63, 3.8) is 0 Å². The van der Waals surface area contributed by atoms with Gasteiger partial charge in [-0.15, -0.1) is 12.4 Å². The van der Waals surface area contributed by atoms with Crippen LogP contribution < -0.4 is 10.6 Å².